The van der Waals surface area contributed by atoms with Crippen molar-refractivity contribution in [3.05, 3.63) is 46.7 Å². The van der Waals surface area contributed by atoms with Crippen LogP contribution in [0.5, 0.6) is 0 Å². The van der Waals surface area contributed by atoms with E-state index in [4.69, 9.17) is 16.9 Å². The fourth-order valence-electron chi connectivity index (χ4n) is 2.70. The Morgan fingerprint density at radius 2 is 2.15 bits per heavy atom. The first-order valence-corrected chi connectivity index (χ1v) is 9.61. The van der Waals surface area contributed by atoms with Crippen LogP contribution in [-0.2, 0) is 4.79 Å². The normalized spacial score (nSPS) is 10.7. The highest BCUT2D eigenvalue weighted by Gasteiger charge is 2.18. The number of carbonyl (C=O) groups is 1. The lowest BCUT2D eigenvalue weighted by molar-refractivity contribution is -0.116. The van der Waals surface area contributed by atoms with Crippen LogP contribution in [0.25, 0.3) is 5.78 Å². The van der Waals surface area contributed by atoms with Crippen LogP contribution < -0.4 is 4.90 Å². The number of nitriles is 1. The molecule has 0 fully saturated rings. The lowest BCUT2D eigenvalue weighted by Crippen LogP contribution is -2.33. The molecule has 0 unspecified atom stereocenters. The van der Waals surface area contributed by atoms with E-state index in [2.05, 4.69) is 21.3 Å². The molecule has 3 aromatic rings. The third-order valence-electron chi connectivity index (χ3n) is 3.86. The molecule has 1 aromatic carbocycles. The van der Waals surface area contributed by atoms with E-state index in [9.17, 15) is 4.79 Å². The van der Waals surface area contributed by atoms with E-state index in [1.54, 1.807) is 29.2 Å². The average Bonchev–Trinajstić information content (AvgIpc) is 3.03. The molecule has 1 amide bonds. The van der Waals surface area contributed by atoms with Gasteiger partial charge in [0.15, 0.2) is 5.16 Å². The van der Waals surface area contributed by atoms with Gasteiger partial charge < -0.3 is 4.90 Å². The van der Waals surface area contributed by atoms with Crippen molar-refractivity contribution in [2.24, 2.45) is 0 Å². The maximum Gasteiger partial charge on any atom is 0.256 e. The number of aryl methyl sites for hydroxylation is 2. The topological polar surface area (TPSA) is 87.2 Å². The van der Waals surface area contributed by atoms with E-state index >= 15 is 0 Å². The van der Waals surface area contributed by atoms with Gasteiger partial charge in [0.1, 0.15) is 0 Å². The minimum absolute atomic E-state index is 0.132. The second-order valence-electron chi connectivity index (χ2n) is 5.88. The molecule has 3 rings (SSSR count). The van der Waals surface area contributed by atoms with Crippen molar-refractivity contribution >= 4 is 40.7 Å². The predicted octanol–water partition coefficient (Wildman–Crippen LogP) is 3.43. The van der Waals surface area contributed by atoms with Gasteiger partial charge in [-0.05, 0) is 38.1 Å². The van der Waals surface area contributed by atoms with Crippen molar-refractivity contribution in [3.63, 3.8) is 0 Å². The van der Waals surface area contributed by atoms with E-state index in [1.807, 2.05) is 24.3 Å². The zero-order valence-corrected chi connectivity index (χ0v) is 16.5. The van der Waals surface area contributed by atoms with Crippen LogP contribution in [0.2, 0.25) is 5.02 Å². The van der Waals surface area contributed by atoms with Crippen molar-refractivity contribution in [2.45, 2.75) is 25.4 Å². The number of halogens is 1. The highest BCUT2D eigenvalue weighted by atomic mass is 35.5. The zero-order valence-electron chi connectivity index (χ0n) is 14.9. The molecule has 27 heavy (non-hydrogen) atoms. The number of anilines is 1. The summed E-state index contributed by atoms with van der Waals surface area (Å²) in [7, 11) is 0. The Labute approximate surface area is 166 Å². The lowest BCUT2D eigenvalue weighted by Gasteiger charge is -2.21. The summed E-state index contributed by atoms with van der Waals surface area (Å²) < 4.78 is 1.82. The summed E-state index contributed by atoms with van der Waals surface area (Å²) in [5.41, 5.74) is 2.49. The number of hydrogen-bond donors (Lipinski definition) is 0. The van der Waals surface area contributed by atoms with Crippen LogP contribution in [0.4, 0.5) is 5.69 Å². The number of aromatic nitrogens is 4. The van der Waals surface area contributed by atoms with E-state index in [0.717, 1.165) is 11.4 Å². The van der Waals surface area contributed by atoms with E-state index < -0.39 is 0 Å². The van der Waals surface area contributed by atoms with Gasteiger partial charge in [0.25, 0.3) is 5.78 Å². The minimum Gasteiger partial charge on any atom is -0.311 e. The average molecular weight is 401 g/mol. The number of carbonyl (C=O) groups excluding carboxylic acids is 1. The maximum absolute atomic E-state index is 12.8. The number of thioether (sulfide) groups is 1. The fourth-order valence-corrected chi connectivity index (χ4v) is 3.75. The summed E-state index contributed by atoms with van der Waals surface area (Å²) in [5.74, 6) is 0.539. The van der Waals surface area contributed by atoms with Crippen molar-refractivity contribution in [3.8, 4) is 6.07 Å². The maximum atomic E-state index is 12.8. The van der Waals surface area contributed by atoms with Crippen LogP contribution in [0.15, 0.2) is 35.5 Å². The van der Waals surface area contributed by atoms with Crippen molar-refractivity contribution in [1.82, 2.24) is 19.6 Å². The third-order valence-corrected chi connectivity index (χ3v) is 5.00. The standard InChI is InChI=1S/C18H17ClN6OS/c1-12-9-13(2)25-17(21-12)22-23-18(25)27-11-16(26)24(8-4-7-20)15-6-3-5-14(19)10-15/h3,5-6,9-10H,4,8,11H2,1-2H3. The van der Waals surface area contributed by atoms with Gasteiger partial charge in [0, 0.05) is 28.6 Å². The van der Waals surface area contributed by atoms with Crippen LogP contribution >= 0.6 is 23.4 Å². The summed E-state index contributed by atoms with van der Waals surface area (Å²) in [6.07, 6.45) is 0.235. The number of fused-ring (bicyclic) bond motifs is 1. The largest absolute Gasteiger partial charge is 0.311 e. The first-order chi connectivity index (χ1) is 13.0. The van der Waals surface area contributed by atoms with Gasteiger partial charge in [0.05, 0.1) is 18.2 Å². The molecule has 0 aliphatic rings. The molecule has 138 valence electrons. The second kappa shape index (κ2) is 8.37. The number of nitrogens with zero attached hydrogens (tertiary/aromatic N) is 6. The molecule has 0 atom stereocenters. The smallest absolute Gasteiger partial charge is 0.256 e. The molecule has 0 spiro atoms. The van der Waals surface area contributed by atoms with Crippen LogP contribution in [0.3, 0.4) is 0 Å². The first-order valence-electron chi connectivity index (χ1n) is 8.24. The van der Waals surface area contributed by atoms with Crippen molar-refractivity contribution in [2.75, 3.05) is 17.2 Å². The van der Waals surface area contributed by atoms with Crippen LogP contribution in [0, 0.1) is 25.2 Å². The highest BCUT2D eigenvalue weighted by Crippen LogP contribution is 2.23. The lowest BCUT2D eigenvalue weighted by atomic mass is 10.2. The molecule has 7 nitrogen and oxygen atoms in total. The SMILES string of the molecule is Cc1cc(C)n2c(SCC(=O)N(CCC#N)c3cccc(Cl)c3)nnc2n1. The molecule has 2 aromatic heterocycles. The summed E-state index contributed by atoms with van der Waals surface area (Å²) >= 11 is 7.33. The molecule has 0 bridgehead atoms. The number of benzene rings is 1. The van der Waals surface area contributed by atoms with Gasteiger partial charge in [-0.25, -0.2) is 4.98 Å². The molecular formula is C18H17ClN6OS. The van der Waals surface area contributed by atoms with Gasteiger partial charge in [-0.2, -0.15) is 5.26 Å². The van der Waals surface area contributed by atoms with Gasteiger partial charge in [-0.1, -0.05) is 29.4 Å². The van der Waals surface area contributed by atoms with Crippen molar-refractivity contribution < 1.29 is 4.79 Å². The molecule has 0 saturated heterocycles. The molecule has 2 heterocycles. The molecule has 9 heteroatoms. The summed E-state index contributed by atoms with van der Waals surface area (Å²) in [6.45, 7) is 4.15. The van der Waals surface area contributed by atoms with Crippen LogP contribution in [-0.4, -0.2) is 37.8 Å². The molecule has 0 aliphatic heterocycles. The Hall–Kier alpha value is -2.63. The minimum atomic E-state index is -0.132. The summed E-state index contributed by atoms with van der Waals surface area (Å²) in [5, 5.41) is 18.3. The van der Waals surface area contributed by atoms with Crippen LogP contribution in [0.1, 0.15) is 17.8 Å². The number of amides is 1. The zero-order chi connectivity index (χ0) is 19.4. The molecule has 0 radical (unpaired) electrons. The van der Waals surface area contributed by atoms with Gasteiger partial charge in [0.2, 0.25) is 5.91 Å². The molecule has 0 aliphatic carbocycles. The quantitative estimate of drug-likeness (QED) is 0.589. The van der Waals surface area contributed by atoms with Gasteiger partial charge in [-0.15, -0.1) is 10.2 Å². The monoisotopic (exact) mass is 400 g/mol. The summed E-state index contributed by atoms with van der Waals surface area (Å²) in [6, 6.07) is 11.0. The molecule has 0 saturated carbocycles. The highest BCUT2D eigenvalue weighted by molar-refractivity contribution is 7.99. The van der Waals surface area contributed by atoms with E-state index in [0.29, 0.717) is 28.2 Å². The summed E-state index contributed by atoms with van der Waals surface area (Å²) in [4.78, 5) is 18.7. The molecular weight excluding hydrogens is 384 g/mol. The van der Waals surface area contributed by atoms with E-state index in [1.165, 1.54) is 11.8 Å². The van der Waals surface area contributed by atoms with Gasteiger partial charge >= 0.3 is 0 Å². The Bertz CT molecular complexity index is 1030. The Morgan fingerprint density at radius 3 is 2.89 bits per heavy atom. The Morgan fingerprint density at radius 1 is 1.33 bits per heavy atom. The fraction of sp³-hybridized carbons (Fsp3) is 0.278. The number of rotatable bonds is 6. The Kier molecular flexibility index (Phi) is 5.94. The van der Waals surface area contributed by atoms with Crippen molar-refractivity contribution in [1.29, 1.82) is 5.26 Å². The predicted molar refractivity (Wildman–Crippen MR) is 105 cm³/mol. The molecule has 0 N–H and O–H groups in total. The second-order valence-corrected chi connectivity index (χ2v) is 7.26. The number of hydrogen-bond acceptors (Lipinski definition) is 6. The van der Waals surface area contributed by atoms with Gasteiger partial charge in [-0.3, -0.25) is 9.20 Å². The first kappa shape index (κ1) is 19.1. The van der Waals surface area contributed by atoms with E-state index in [-0.39, 0.29) is 18.1 Å². The third kappa shape index (κ3) is 4.38. The Balaban J connectivity index is 1.79.